The SMILES string of the molecule is C=CCOC(/C=C\C)/C=C\C. The fourth-order valence-electron chi connectivity index (χ4n) is 0.734. The van der Waals surface area contributed by atoms with Crippen molar-refractivity contribution in [2.75, 3.05) is 6.61 Å². The molecule has 11 heavy (non-hydrogen) atoms. The monoisotopic (exact) mass is 152 g/mol. The Morgan fingerprint density at radius 3 is 2.18 bits per heavy atom. The first-order valence-corrected chi connectivity index (χ1v) is 3.83. The molecule has 0 N–H and O–H groups in total. The van der Waals surface area contributed by atoms with Gasteiger partial charge in [0.05, 0.1) is 12.7 Å². The molecule has 0 bridgehead atoms. The lowest BCUT2D eigenvalue weighted by Gasteiger charge is -2.06. The zero-order valence-electron chi connectivity index (χ0n) is 7.29. The van der Waals surface area contributed by atoms with Gasteiger partial charge in [0.2, 0.25) is 0 Å². The van der Waals surface area contributed by atoms with Crippen molar-refractivity contribution >= 4 is 0 Å². The molecular formula is C10H16O. The highest BCUT2D eigenvalue weighted by Gasteiger charge is 1.95. The molecule has 0 saturated heterocycles. The molecule has 1 nitrogen and oxygen atoms in total. The van der Waals surface area contributed by atoms with Crippen LogP contribution in [0.15, 0.2) is 37.0 Å². The van der Waals surface area contributed by atoms with Crippen molar-refractivity contribution < 1.29 is 4.74 Å². The van der Waals surface area contributed by atoms with Crippen LogP contribution in [0.3, 0.4) is 0 Å². The molecule has 0 saturated carbocycles. The topological polar surface area (TPSA) is 9.23 Å². The van der Waals surface area contributed by atoms with E-state index in [0.717, 1.165) is 0 Å². The van der Waals surface area contributed by atoms with Crippen LogP contribution in [0.25, 0.3) is 0 Å². The van der Waals surface area contributed by atoms with Gasteiger partial charge in [0.1, 0.15) is 0 Å². The zero-order chi connectivity index (χ0) is 8.53. The second-order valence-electron chi connectivity index (χ2n) is 2.14. The maximum Gasteiger partial charge on any atom is 0.0941 e. The number of rotatable bonds is 5. The Hall–Kier alpha value is -0.820. The Morgan fingerprint density at radius 1 is 1.27 bits per heavy atom. The molecule has 0 aromatic heterocycles. The first-order valence-electron chi connectivity index (χ1n) is 3.83. The zero-order valence-corrected chi connectivity index (χ0v) is 7.29. The van der Waals surface area contributed by atoms with Gasteiger partial charge in [-0.15, -0.1) is 6.58 Å². The van der Waals surface area contributed by atoms with Gasteiger partial charge in [0.15, 0.2) is 0 Å². The van der Waals surface area contributed by atoms with Crippen molar-refractivity contribution in [3.05, 3.63) is 37.0 Å². The van der Waals surface area contributed by atoms with Gasteiger partial charge in [-0.3, -0.25) is 0 Å². The fraction of sp³-hybridized carbons (Fsp3) is 0.400. The smallest absolute Gasteiger partial charge is 0.0941 e. The van der Waals surface area contributed by atoms with E-state index in [1.807, 2.05) is 38.2 Å². The first kappa shape index (κ1) is 10.2. The lowest BCUT2D eigenvalue weighted by molar-refractivity contribution is 0.142. The lowest BCUT2D eigenvalue weighted by atomic mass is 10.3. The molecule has 0 aliphatic heterocycles. The highest BCUT2D eigenvalue weighted by molar-refractivity contribution is 5.00. The predicted molar refractivity (Wildman–Crippen MR) is 49.6 cm³/mol. The molecule has 0 aromatic rings. The average Bonchev–Trinajstić information content (AvgIpc) is 2.01. The predicted octanol–water partition coefficient (Wildman–Crippen LogP) is 2.71. The molecule has 0 aromatic carbocycles. The fourth-order valence-corrected chi connectivity index (χ4v) is 0.734. The van der Waals surface area contributed by atoms with Gasteiger partial charge in [-0.05, 0) is 13.8 Å². The van der Waals surface area contributed by atoms with Crippen LogP contribution in [0.5, 0.6) is 0 Å². The summed E-state index contributed by atoms with van der Waals surface area (Å²) < 4.78 is 5.38. The van der Waals surface area contributed by atoms with Crippen LogP contribution in [-0.4, -0.2) is 12.7 Å². The van der Waals surface area contributed by atoms with Crippen molar-refractivity contribution in [2.45, 2.75) is 20.0 Å². The first-order chi connectivity index (χ1) is 5.35. The molecule has 0 fully saturated rings. The van der Waals surface area contributed by atoms with E-state index in [-0.39, 0.29) is 6.10 Å². The summed E-state index contributed by atoms with van der Waals surface area (Å²) in [7, 11) is 0. The van der Waals surface area contributed by atoms with Crippen LogP contribution in [-0.2, 0) is 4.74 Å². The van der Waals surface area contributed by atoms with E-state index in [2.05, 4.69) is 6.58 Å². The van der Waals surface area contributed by atoms with E-state index in [1.54, 1.807) is 6.08 Å². The standard InChI is InChI=1S/C10H16O/c1-4-7-10(8-5-2)11-9-6-3/h4-8,10H,3,9H2,1-2H3/b7-4-,8-5-. The van der Waals surface area contributed by atoms with Crippen LogP contribution >= 0.6 is 0 Å². The second kappa shape index (κ2) is 7.29. The summed E-state index contributed by atoms with van der Waals surface area (Å²) in [6, 6.07) is 0. The molecule has 0 aliphatic rings. The van der Waals surface area contributed by atoms with Crippen molar-refractivity contribution in [3.63, 3.8) is 0 Å². The van der Waals surface area contributed by atoms with E-state index in [4.69, 9.17) is 4.74 Å². The third kappa shape index (κ3) is 5.62. The molecule has 62 valence electrons. The van der Waals surface area contributed by atoms with Crippen molar-refractivity contribution in [3.8, 4) is 0 Å². The average molecular weight is 152 g/mol. The Morgan fingerprint density at radius 2 is 1.82 bits per heavy atom. The summed E-state index contributed by atoms with van der Waals surface area (Å²) >= 11 is 0. The van der Waals surface area contributed by atoms with Crippen molar-refractivity contribution in [2.24, 2.45) is 0 Å². The summed E-state index contributed by atoms with van der Waals surface area (Å²) in [5.41, 5.74) is 0. The minimum absolute atomic E-state index is 0.1000. The molecule has 0 heterocycles. The minimum Gasteiger partial charge on any atom is -0.366 e. The highest BCUT2D eigenvalue weighted by atomic mass is 16.5. The van der Waals surface area contributed by atoms with Crippen LogP contribution in [0, 0.1) is 0 Å². The van der Waals surface area contributed by atoms with Gasteiger partial charge in [-0.1, -0.05) is 30.4 Å². The van der Waals surface area contributed by atoms with Gasteiger partial charge in [-0.25, -0.2) is 0 Å². The van der Waals surface area contributed by atoms with E-state index in [9.17, 15) is 0 Å². The Bertz CT molecular complexity index is 133. The number of allylic oxidation sites excluding steroid dienone is 2. The number of hydrogen-bond donors (Lipinski definition) is 0. The molecule has 0 rings (SSSR count). The van der Waals surface area contributed by atoms with Crippen LogP contribution in [0.2, 0.25) is 0 Å². The molecule has 0 spiro atoms. The molecule has 0 atom stereocenters. The molecular weight excluding hydrogens is 136 g/mol. The second-order valence-corrected chi connectivity index (χ2v) is 2.14. The third-order valence-corrected chi connectivity index (χ3v) is 1.17. The Balaban J connectivity index is 3.78. The van der Waals surface area contributed by atoms with Crippen molar-refractivity contribution in [1.82, 2.24) is 0 Å². The Kier molecular flexibility index (Phi) is 6.75. The molecule has 0 unspecified atom stereocenters. The number of ether oxygens (including phenoxy) is 1. The van der Waals surface area contributed by atoms with Crippen LogP contribution in [0.4, 0.5) is 0 Å². The summed E-state index contributed by atoms with van der Waals surface area (Å²) in [6.07, 6.45) is 9.82. The quantitative estimate of drug-likeness (QED) is 0.550. The van der Waals surface area contributed by atoms with Crippen LogP contribution in [0.1, 0.15) is 13.8 Å². The molecule has 0 amide bonds. The van der Waals surface area contributed by atoms with Crippen LogP contribution < -0.4 is 0 Å². The Labute approximate surface area is 69.1 Å². The maximum absolute atomic E-state index is 5.38. The summed E-state index contributed by atoms with van der Waals surface area (Å²) in [4.78, 5) is 0. The highest BCUT2D eigenvalue weighted by Crippen LogP contribution is 1.96. The minimum atomic E-state index is 0.1000. The molecule has 1 heteroatoms. The normalized spacial score (nSPS) is 11.9. The largest absolute Gasteiger partial charge is 0.366 e. The van der Waals surface area contributed by atoms with Gasteiger partial charge < -0.3 is 4.74 Å². The van der Waals surface area contributed by atoms with Crippen molar-refractivity contribution in [1.29, 1.82) is 0 Å². The maximum atomic E-state index is 5.38. The summed E-state index contributed by atoms with van der Waals surface area (Å²) in [6.45, 7) is 8.14. The van der Waals surface area contributed by atoms with Gasteiger partial charge >= 0.3 is 0 Å². The number of hydrogen-bond acceptors (Lipinski definition) is 1. The lowest BCUT2D eigenvalue weighted by Crippen LogP contribution is -2.05. The van der Waals surface area contributed by atoms with E-state index < -0.39 is 0 Å². The van der Waals surface area contributed by atoms with Gasteiger partial charge in [0, 0.05) is 0 Å². The van der Waals surface area contributed by atoms with Gasteiger partial charge in [-0.2, -0.15) is 0 Å². The van der Waals surface area contributed by atoms with E-state index in [0.29, 0.717) is 6.61 Å². The van der Waals surface area contributed by atoms with E-state index >= 15 is 0 Å². The molecule has 0 radical (unpaired) electrons. The van der Waals surface area contributed by atoms with Gasteiger partial charge in [0.25, 0.3) is 0 Å². The summed E-state index contributed by atoms with van der Waals surface area (Å²) in [5.74, 6) is 0. The summed E-state index contributed by atoms with van der Waals surface area (Å²) in [5, 5.41) is 0. The van der Waals surface area contributed by atoms with E-state index in [1.165, 1.54) is 0 Å². The molecule has 0 aliphatic carbocycles. The third-order valence-electron chi connectivity index (χ3n) is 1.17.